The van der Waals surface area contributed by atoms with Gasteiger partial charge in [0.2, 0.25) is 0 Å². The van der Waals surface area contributed by atoms with Crippen molar-refractivity contribution in [3.05, 3.63) is 135 Å². The van der Waals surface area contributed by atoms with Crippen LogP contribution in [0.15, 0.2) is 90.6 Å². The van der Waals surface area contributed by atoms with Gasteiger partial charge in [0.15, 0.2) is 11.4 Å². The van der Waals surface area contributed by atoms with Gasteiger partial charge in [0.05, 0.1) is 58.1 Å². The predicted molar refractivity (Wildman–Crippen MR) is 187 cm³/mol. The Morgan fingerprint density at radius 3 is 1.63 bits per heavy atom. The Bertz CT molecular complexity index is 2120. The minimum absolute atomic E-state index is 0.00452. The number of nitrogens with zero attached hydrogens (tertiary/aromatic N) is 7. The van der Waals surface area contributed by atoms with Gasteiger partial charge in [0, 0.05) is 11.8 Å². The first-order valence-corrected chi connectivity index (χ1v) is 17.7. The topological polar surface area (TPSA) is 179 Å². The van der Waals surface area contributed by atoms with Crippen LogP contribution in [0.3, 0.4) is 0 Å². The molecule has 0 aliphatic heterocycles. The van der Waals surface area contributed by atoms with Crippen molar-refractivity contribution in [3.8, 4) is 0 Å². The van der Waals surface area contributed by atoms with Gasteiger partial charge in [-0.2, -0.15) is 8.42 Å². The van der Waals surface area contributed by atoms with E-state index >= 15 is 0 Å². The summed E-state index contributed by atoms with van der Waals surface area (Å²) in [5.74, 6) is -0.987. The van der Waals surface area contributed by atoms with E-state index in [1.807, 2.05) is 49.4 Å². The highest BCUT2D eigenvalue weighted by molar-refractivity contribution is 7.85. The second-order valence-corrected chi connectivity index (χ2v) is 12.9. The summed E-state index contributed by atoms with van der Waals surface area (Å²) in [5, 5.41) is 15.4. The fourth-order valence-electron chi connectivity index (χ4n) is 4.57. The van der Waals surface area contributed by atoms with Gasteiger partial charge in [-0.3, -0.25) is 8.98 Å². The van der Waals surface area contributed by atoms with E-state index in [2.05, 4.69) is 27.2 Å². The van der Waals surface area contributed by atoms with Gasteiger partial charge < -0.3 is 14.0 Å². The van der Waals surface area contributed by atoms with E-state index in [1.165, 1.54) is 10.9 Å². The van der Waals surface area contributed by atoms with Gasteiger partial charge in [-0.15, -0.1) is 10.2 Å². The van der Waals surface area contributed by atoms with Crippen molar-refractivity contribution in [1.82, 2.24) is 34.6 Å². The number of carbonyl (C=O) groups is 2. The van der Waals surface area contributed by atoms with Crippen LogP contribution in [0.1, 0.15) is 69.6 Å². The molecular formula is C35H39N7O8S. The van der Waals surface area contributed by atoms with E-state index < -0.39 is 22.1 Å². The lowest BCUT2D eigenvalue weighted by molar-refractivity contribution is 0.0510. The molecule has 3 heterocycles. The number of rotatable bonds is 14. The average molecular weight is 718 g/mol. The van der Waals surface area contributed by atoms with Gasteiger partial charge in [0.1, 0.15) is 0 Å². The first kappa shape index (κ1) is 38.1. The maximum absolute atomic E-state index is 12.5. The normalized spacial score (nSPS) is 11.0. The lowest BCUT2D eigenvalue weighted by Crippen LogP contribution is -2.22. The number of esters is 2. The minimum atomic E-state index is -3.46. The molecule has 0 aliphatic rings. The lowest BCUT2D eigenvalue weighted by Gasteiger charge is -2.09. The molecule has 0 saturated carbocycles. The van der Waals surface area contributed by atoms with Crippen LogP contribution in [0, 0.1) is 0 Å². The molecule has 268 valence electrons. The zero-order valence-electron chi connectivity index (χ0n) is 28.8. The lowest BCUT2D eigenvalue weighted by atomic mass is 10.1. The van der Waals surface area contributed by atoms with Gasteiger partial charge in [-0.25, -0.2) is 19.0 Å². The van der Waals surface area contributed by atoms with Crippen LogP contribution in [0.2, 0.25) is 0 Å². The maximum Gasteiger partial charge on any atom is 0.360 e. The third kappa shape index (κ3) is 11.7. The molecule has 0 bridgehead atoms. The van der Waals surface area contributed by atoms with Crippen molar-refractivity contribution in [2.45, 2.75) is 47.0 Å². The van der Waals surface area contributed by atoms with Crippen LogP contribution in [-0.4, -0.2) is 74.4 Å². The zero-order chi connectivity index (χ0) is 37.0. The summed E-state index contributed by atoms with van der Waals surface area (Å²) in [6, 6.07) is 18.7. The number of aromatic nitrogens is 7. The van der Waals surface area contributed by atoms with Gasteiger partial charge in [0.25, 0.3) is 15.7 Å². The summed E-state index contributed by atoms with van der Waals surface area (Å²) in [7, 11) is -3.46. The van der Waals surface area contributed by atoms with Crippen molar-refractivity contribution >= 4 is 27.6 Å². The Hall–Kier alpha value is -5.74. The van der Waals surface area contributed by atoms with Crippen LogP contribution in [0.4, 0.5) is 0 Å². The van der Waals surface area contributed by atoms with E-state index in [4.69, 9.17) is 13.7 Å². The highest BCUT2D eigenvalue weighted by Gasteiger charge is 2.13. The molecule has 0 unspecified atom stereocenters. The third-order valence-corrected chi connectivity index (χ3v) is 7.60. The predicted octanol–water partition coefficient (Wildman–Crippen LogP) is 3.73. The largest absolute Gasteiger partial charge is 0.461 e. The number of pyridine rings is 1. The molecule has 0 amide bonds. The molecule has 0 radical (unpaired) electrons. The van der Waals surface area contributed by atoms with Crippen molar-refractivity contribution in [1.29, 1.82) is 0 Å². The number of ether oxygens (including phenoxy) is 2. The van der Waals surface area contributed by atoms with Crippen LogP contribution >= 0.6 is 0 Å². The van der Waals surface area contributed by atoms with E-state index in [0.717, 1.165) is 34.1 Å². The standard InChI is InChI=1S/C21H22N4O3.C14H17N3O5S/c1-4-28-21(27)19-14-25(23-22-19)13-17-9-7-16(8-10-17)12-24-11-5-6-18(15(2)3)20(24)26;1-3-21-14(18)13-9-17(16-15-13)8-11-4-6-12(7-5-11)10-22-23(2,19)20/h5-11,14H,2,4,12-13H2,1,3H3;4-7,9H,3,8,10H2,1-2H3. The number of carbonyl (C=O) groups excluding carboxylic acids is 2. The number of hydrogen-bond donors (Lipinski definition) is 0. The molecule has 5 aromatic rings. The second kappa shape index (κ2) is 17.8. The van der Waals surface area contributed by atoms with Crippen molar-refractivity contribution in [2.75, 3.05) is 19.5 Å². The summed E-state index contributed by atoms with van der Waals surface area (Å²) >= 11 is 0. The SMILES string of the molecule is C=C(C)c1cccn(Cc2ccc(Cn3cc(C(=O)OCC)nn3)cc2)c1=O.CCOC(=O)c1cn(Cc2ccc(COS(C)(=O)=O)cc2)nn1. The Kier molecular flexibility index (Phi) is 13.3. The van der Waals surface area contributed by atoms with E-state index in [9.17, 15) is 22.8 Å². The summed E-state index contributed by atoms with van der Waals surface area (Å²) in [6.45, 7) is 11.1. The van der Waals surface area contributed by atoms with Gasteiger partial charge in [-0.1, -0.05) is 65.5 Å². The molecule has 0 atom stereocenters. The molecule has 16 heteroatoms. The number of benzene rings is 2. The second-order valence-electron chi connectivity index (χ2n) is 11.3. The van der Waals surface area contributed by atoms with Crippen molar-refractivity contribution in [2.24, 2.45) is 0 Å². The van der Waals surface area contributed by atoms with E-state index in [0.29, 0.717) is 31.8 Å². The minimum Gasteiger partial charge on any atom is -0.461 e. The highest BCUT2D eigenvalue weighted by Crippen LogP contribution is 2.11. The van der Waals surface area contributed by atoms with Gasteiger partial charge >= 0.3 is 11.9 Å². The fourth-order valence-corrected chi connectivity index (χ4v) is 4.92. The van der Waals surface area contributed by atoms with Crippen LogP contribution in [-0.2, 0) is 50.0 Å². The molecule has 3 aromatic heterocycles. The molecular weight excluding hydrogens is 678 g/mol. The molecule has 51 heavy (non-hydrogen) atoms. The van der Waals surface area contributed by atoms with E-state index in [-0.39, 0.29) is 30.2 Å². The maximum atomic E-state index is 12.5. The van der Waals surface area contributed by atoms with Crippen LogP contribution in [0.25, 0.3) is 5.57 Å². The monoisotopic (exact) mass is 717 g/mol. The molecule has 2 aromatic carbocycles. The summed E-state index contributed by atoms with van der Waals surface area (Å²) < 4.78 is 41.1. The Labute approximate surface area is 295 Å². The summed E-state index contributed by atoms with van der Waals surface area (Å²) in [5.41, 5.74) is 5.36. The zero-order valence-corrected chi connectivity index (χ0v) is 29.6. The van der Waals surface area contributed by atoms with Crippen molar-refractivity contribution < 1.29 is 31.7 Å². The first-order chi connectivity index (χ1) is 24.3. The molecule has 0 aliphatic carbocycles. The van der Waals surface area contributed by atoms with Gasteiger partial charge in [-0.05, 0) is 60.7 Å². The van der Waals surface area contributed by atoms with Crippen LogP contribution < -0.4 is 5.56 Å². The summed E-state index contributed by atoms with van der Waals surface area (Å²) in [6.07, 6.45) is 5.86. The Morgan fingerprint density at radius 2 is 1.20 bits per heavy atom. The fraction of sp³-hybridized carbons (Fsp3) is 0.286. The highest BCUT2D eigenvalue weighted by atomic mass is 32.2. The summed E-state index contributed by atoms with van der Waals surface area (Å²) in [4.78, 5) is 35.6. The number of hydrogen-bond acceptors (Lipinski definition) is 12. The first-order valence-electron chi connectivity index (χ1n) is 15.8. The van der Waals surface area contributed by atoms with Crippen LogP contribution in [0.5, 0.6) is 0 Å². The molecule has 0 N–H and O–H groups in total. The quantitative estimate of drug-likeness (QED) is 0.120. The average Bonchev–Trinajstić information content (AvgIpc) is 3.77. The Balaban J connectivity index is 0.000000233. The Morgan fingerprint density at radius 1 is 0.745 bits per heavy atom. The molecule has 0 fully saturated rings. The third-order valence-electron chi connectivity index (χ3n) is 7.05. The molecule has 5 rings (SSSR count). The van der Waals surface area contributed by atoms with Crippen molar-refractivity contribution in [3.63, 3.8) is 0 Å². The smallest absolute Gasteiger partial charge is 0.360 e. The number of allylic oxidation sites excluding steroid dienone is 1. The van der Waals surface area contributed by atoms with E-state index in [1.54, 1.807) is 53.7 Å². The molecule has 15 nitrogen and oxygen atoms in total. The molecule has 0 spiro atoms. The molecule has 0 saturated heterocycles.